The standard InChI is InChI=1S/C12H14N2O6S2/c1-7(15)19-10-8(16)9(11-13-3-5-21-11)20-12(10)14-4-2-6-22(14,17)18/h3,5,16-18H,2,4,6H2,1H3. The van der Waals surface area contributed by atoms with E-state index in [1.165, 1.54) is 28.8 Å². The lowest BCUT2D eigenvalue weighted by atomic mass is 10.4. The molecule has 0 spiro atoms. The van der Waals surface area contributed by atoms with Gasteiger partial charge in [-0.25, -0.2) is 9.29 Å². The summed E-state index contributed by atoms with van der Waals surface area (Å²) in [6.07, 6.45) is 2.09. The van der Waals surface area contributed by atoms with Gasteiger partial charge >= 0.3 is 5.97 Å². The molecule has 0 unspecified atom stereocenters. The van der Waals surface area contributed by atoms with E-state index in [1.807, 2.05) is 0 Å². The van der Waals surface area contributed by atoms with Crippen LogP contribution in [0.5, 0.6) is 11.5 Å². The van der Waals surface area contributed by atoms with Crippen molar-refractivity contribution >= 4 is 34.0 Å². The van der Waals surface area contributed by atoms with Gasteiger partial charge in [0.2, 0.25) is 17.3 Å². The molecule has 0 bridgehead atoms. The van der Waals surface area contributed by atoms with Crippen LogP contribution in [-0.2, 0) is 4.79 Å². The number of carbonyl (C=O) groups is 1. The van der Waals surface area contributed by atoms with Crippen molar-refractivity contribution in [2.75, 3.05) is 16.6 Å². The average Bonchev–Trinajstić information content (AvgIpc) is 3.11. The van der Waals surface area contributed by atoms with E-state index < -0.39 is 16.7 Å². The van der Waals surface area contributed by atoms with Gasteiger partial charge < -0.3 is 14.3 Å². The van der Waals surface area contributed by atoms with Gasteiger partial charge in [0.05, 0.1) is 5.75 Å². The summed E-state index contributed by atoms with van der Waals surface area (Å²) in [5.41, 5.74) is 0. The third-order valence-corrected chi connectivity index (χ3v) is 5.72. The van der Waals surface area contributed by atoms with E-state index in [9.17, 15) is 19.0 Å². The highest BCUT2D eigenvalue weighted by Gasteiger charge is 2.37. The van der Waals surface area contributed by atoms with E-state index in [2.05, 4.69) is 4.98 Å². The SMILES string of the molecule is CC(=O)Oc1c(N2CCCS2(O)O)oc(-c2nccs2)c1O. The Hall–Kier alpha value is -1.75. The Labute approximate surface area is 131 Å². The average molecular weight is 346 g/mol. The van der Waals surface area contributed by atoms with Crippen LogP contribution in [0.1, 0.15) is 13.3 Å². The van der Waals surface area contributed by atoms with Crippen molar-refractivity contribution < 1.29 is 28.2 Å². The quantitative estimate of drug-likeness (QED) is 0.726. The van der Waals surface area contributed by atoms with E-state index in [0.29, 0.717) is 18.0 Å². The first-order valence-corrected chi connectivity index (χ1v) is 8.93. The summed E-state index contributed by atoms with van der Waals surface area (Å²) in [6.45, 7) is 1.50. The first-order valence-electron chi connectivity index (χ1n) is 6.38. The highest BCUT2D eigenvalue weighted by molar-refractivity contribution is 8.25. The Balaban J connectivity index is 2.12. The van der Waals surface area contributed by atoms with E-state index in [4.69, 9.17) is 9.15 Å². The molecule has 0 aromatic carbocycles. The maximum absolute atomic E-state index is 11.3. The van der Waals surface area contributed by atoms with Crippen molar-refractivity contribution in [3.63, 3.8) is 0 Å². The lowest BCUT2D eigenvalue weighted by molar-refractivity contribution is -0.132. The lowest BCUT2D eigenvalue weighted by Crippen LogP contribution is -2.22. The molecule has 1 aliphatic heterocycles. The van der Waals surface area contributed by atoms with E-state index >= 15 is 0 Å². The Morgan fingerprint density at radius 1 is 1.55 bits per heavy atom. The second-order valence-corrected chi connectivity index (χ2v) is 7.65. The van der Waals surface area contributed by atoms with Crippen molar-refractivity contribution in [1.29, 1.82) is 0 Å². The monoisotopic (exact) mass is 346 g/mol. The number of hydrogen-bond acceptors (Lipinski definition) is 9. The van der Waals surface area contributed by atoms with Gasteiger partial charge in [-0.1, -0.05) is 0 Å². The van der Waals surface area contributed by atoms with Crippen LogP contribution in [0.2, 0.25) is 0 Å². The Kier molecular flexibility index (Phi) is 3.77. The maximum atomic E-state index is 11.3. The number of anilines is 1. The fourth-order valence-corrected chi connectivity index (χ4v) is 4.33. The highest BCUT2D eigenvalue weighted by Crippen LogP contribution is 2.57. The molecule has 1 fully saturated rings. The van der Waals surface area contributed by atoms with Crippen LogP contribution in [0.4, 0.5) is 5.88 Å². The molecule has 0 atom stereocenters. The normalized spacial score (nSPS) is 18.4. The van der Waals surface area contributed by atoms with Crippen LogP contribution in [-0.4, -0.2) is 37.5 Å². The molecule has 1 saturated heterocycles. The summed E-state index contributed by atoms with van der Waals surface area (Å²) in [5, 5.41) is 12.4. The Morgan fingerprint density at radius 2 is 2.32 bits per heavy atom. The minimum Gasteiger partial charge on any atom is -0.501 e. The Morgan fingerprint density at radius 3 is 2.86 bits per heavy atom. The number of aromatic nitrogens is 1. The zero-order chi connectivity index (χ0) is 15.9. The second-order valence-electron chi connectivity index (χ2n) is 4.64. The molecule has 10 heteroatoms. The molecule has 2 aromatic heterocycles. The predicted octanol–water partition coefficient (Wildman–Crippen LogP) is 2.91. The van der Waals surface area contributed by atoms with E-state index in [-0.39, 0.29) is 28.9 Å². The first-order chi connectivity index (χ1) is 10.4. The van der Waals surface area contributed by atoms with Crippen molar-refractivity contribution in [2.45, 2.75) is 13.3 Å². The summed E-state index contributed by atoms with van der Waals surface area (Å²) >= 11 is 1.23. The predicted molar refractivity (Wildman–Crippen MR) is 82.5 cm³/mol. The minimum absolute atomic E-state index is 0.0309. The number of aromatic hydroxyl groups is 1. The molecule has 3 heterocycles. The minimum atomic E-state index is -3.05. The number of ether oxygens (including phenoxy) is 1. The lowest BCUT2D eigenvalue weighted by Gasteiger charge is -2.36. The second kappa shape index (κ2) is 5.47. The first kappa shape index (κ1) is 15.2. The molecule has 22 heavy (non-hydrogen) atoms. The van der Waals surface area contributed by atoms with Crippen LogP contribution < -0.4 is 9.04 Å². The molecule has 0 amide bonds. The Bertz CT molecular complexity index is 697. The van der Waals surface area contributed by atoms with E-state index in [0.717, 1.165) is 0 Å². The molecule has 0 saturated carbocycles. The molecule has 1 aliphatic rings. The number of hydrogen-bond donors (Lipinski definition) is 3. The van der Waals surface area contributed by atoms with Crippen molar-refractivity contribution in [3.8, 4) is 22.3 Å². The largest absolute Gasteiger partial charge is 0.501 e. The smallest absolute Gasteiger partial charge is 0.308 e. The number of thiazole rings is 1. The molecule has 3 N–H and O–H groups in total. The van der Waals surface area contributed by atoms with Gasteiger partial charge in [0.25, 0.3) is 5.88 Å². The maximum Gasteiger partial charge on any atom is 0.308 e. The number of esters is 1. The van der Waals surface area contributed by atoms with Gasteiger partial charge in [-0.2, -0.15) is 0 Å². The van der Waals surface area contributed by atoms with E-state index in [1.54, 1.807) is 5.38 Å². The summed E-state index contributed by atoms with van der Waals surface area (Å²) in [7, 11) is -3.05. The van der Waals surface area contributed by atoms with Gasteiger partial charge in [0.15, 0.2) is 5.01 Å². The summed E-state index contributed by atoms with van der Waals surface area (Å²) in [4.78, 5) is 15.3. The fourth-order valence-electron chi connectivity index (χ4n) is 2.17. The van der Waals surface area contributed by atoms with Crippen LogP contribution in [0.25, 0.3) is 10.8 Å². The number of nitrogens with zero attached hydrogens (tertiary/aromatic N) is 2. The third kappa shape index (κ3) is 2.54. The molecular formula is C12H14N2O6S2. The van der Waals surface area contributed by atoms with Crippen LogP contribution >= 0.6 is 22.1 Å². The van der Waals surface area contributed by atoms with Crippen LogP contribution in [0, 0.1) is 0 Å². The number of rotatable bonds is 3. The van der Waals surface area contributed by atoms with Gasteiger partial charge in [-0.05, 0) is 6.42 Å². The van der Waals surface area contributed by atoms with Crippen molar-refractivity contribution in [1.82, 2.24) is 4.98 Å². The fraction of sp³-hybridized carbons (Fsp3) is 0.333. The van der Waals surface area contributed by atoms with Crippen molar-refractivity contribution in [3.05, 3.63) is 11.6 Å². The molecule has 120 valence electrons. The van der Waals surface area contributed by atoms with Gasteiger partial charge in [-0.15, -0.1) is 22.1 Å². The molecule has 0 aliphatic carbocycles. The number of carbonyl (C=O) groups excluding carboxylic acids is 1. The summed E-state index contributed by atoms with van der Waals surface area (Å²) in [6, 6.07) is 0. The topological polar surface area (TPSA) is 116 Å². The highest BCUT2D eigenvalue weighted by atomic mass is 32.3. The van der Waals surface area contributed by atoms with Crippen LogP contribution in [0.3, 0.4) is 0 Å². The van der Waals surface area contributed by atoms with Gasteiger partial charge in [0, 0.05) is 25.0 Å². The zero-order valence-corrected chi connectivity index (χ0v) is 13.2. The summed E-state index contributed by atoms with van der Waals surface area (Å²) < 4.78 is 31.9. The molecule has 3 rings (SSSR count). The molecule has 2 aromatic rings. The summed E-state index contributed by atoms with van der Waals surface area (Å²) in [5.74, 6) is -1.11. The zero-order valence-electron chi connectivity index (χ0n) is 11.6. The molecule has 0 radical (unpaired) electrons. The number of furan rings is 1. The van der Waals surface area contributed by atoms with Gasteiger partial charge in [0.1, 0.15) is 0 Å². The van der Waals surface area contributed by atoms with Crippen molar-refractivity contribution in [2.24, 2.45) is 0 Å². The third-order valence-electron chi connectivity index (χ3n) is 3.05. The molecular weight excluding hydrogens is 332 g/mol. The van der Waals surface area contributed by atoms with Gasteiger partial charge in [-0.3, -0.25) is 13.9 Å². The molecule has 8 nitrogen and oxygen atoms in total. The van der Waals surface area contributed by atoms with Crippen LogP contribution in [0.15, 0.2) is 16.0 Å².